The van der Waals surface area contributed by atoms with Crippen molar-refractivity contribution in [3.63, 3.8) is 0 Å². The largest absolute Gasteiger partial charge is 0.772 e. The van der Waals surface area contributed by atoms with Crippen LogP contribution in [0.25, 0.3) is 0 Å². The molecule has 28 heavy (non-hydrogen) atoms. The van der Waals surface area contributed by atoms with Crippen molar-refractivity contribution in [3.8, 4) is 5.75 Å². The number of nitrogens with one attached hydrogen (secondary N) is 1. The molecule has 152 valence electrons. The van der Waals surface area contributed by atoms with Crippen LogP contribution in [0.1, 0.15) is 36.2 Å². The lowest BCUT2D eigenvalue weighted by atomic mass is 9.92. The van der Waals surface area contributed by atoms with Crippen molar-refractivity contribution in [2.45, 2.75) is 44.0 Å². The van der Waals surface area contributed by atoms with Crippen LogP contribution < -0.4 is 5.43 Å². The van der Waals surface area contributed by atoms with Gasteiger partial charge in [0.25, 0.3) is 5.91 Å². The molecule has 10 nitrogen and oxygen atoms in total. The molecule has 1 heterocycles. The van der Waals surface area contributed by atoms with Crippen LogP contribution in [-0.2, 0) is 20.7 Å². The fourth-order valence-corrected chi connectivity index (χ4v) is 3.49. The number of para-hydroxylation sites is 1. The van der Waals surface area contributed by atoms with Crippen molar-refractivity contribution in [1.82, 2.24) is 10.3 Å². The second-order valence-electron chi connectivity index (χ2n) is 6.68. The summed E-state index contributed by atoms with van der Waals surface area (Å²) in [5.41, 5.74) is 2.45. The zero-order valence-corrected chi connectivity index (χ0v) is 16.2. The molecule has 0 saturated carbocycles. The molecule has 0 spiro atoms. The van der Waals surface area contributed by atoms with E-state index in [9.17, 15) is 33.4 Å². The Morgan fingerprint density at radius 3 is 2.64 bits per heavy atom. The number of amides is 2. The molecule has 1 aromatic rings. The summed E-state index contributed by atoms with van der Waals surface area (Å²) in [4.78, 5) is 36.7. The van der Waals surface area contributed by atoms with Gasteiger partial charge in [0, 0.05) is 18.7 Å². The summed E-state index contributed by atoms with van der Waals surface area (Å²) in [6.07, 6.45) is 0.879. The molecule has 1 fully saturated rings. The number of carbonyl (C=O) groups is 3. The zero-order valence-electron chi connectivity index (χ0n) is 15.4. The van der Waals surface area contributed by atoms with Gasteiger partial charge < -0.3 is 19.7 Å². The monoisotopic (exact) mass is 410 g/mol. The number of aromatic hydroxyl groups is 1. The Bertz CT molecular complexity index is 872. The van der Waals surface area contributed by atoms with Crippen LogP contribution in [0.2, 0.25) is 0 Å². The molecule has 1 unspecified atom stereocenters. The predicted octanol–water partition coefficient (Wildman–Crippen LogP) is 0.128. The van der Waals surface area contributed by atoms with Gasteiger partial charge in [0.1, 0.15) is 5.75 Å². The number of rotatable bonds is 7. The summed E-state index contributed by atoms with van der Waals surface area (Å²) in [5, 5.41) is 23.0. The van der Waals surface area contributed by atoms with Gasteiger partial charge in [0.15, 0.2) is 6.04 Å². The highest BCUT2D eigenvalue weighted by Crippen LogP contribution is 2.30. The first-order valence-corrected chi connectivity index (χ1v) is 9.34. The number of aryl methyl sites for hydroxylation is 1. The first-order chi connectivity index (χ1) is 13.0. The highest BCUT2D eigenvalue weighted by molar-refractivity contribution is 7.81. The highest BCUT2D eigenvalue weighted by atomic mass is 32.2. The van der Waals surface area contributed by atoms with E-state index in [2.05, 4.69) is 10.5 Å². The summed E-state index contributed by atoms with van der Waals surface area (Å²) in [7, 11) is 0. The van der Waals surface area contributed by atoms with Crippen molar-refractivity contribution in [2.75, 3.05) is 0 Å². The minimum Gasteiger partial charge on any atom is -0.772 e. The molecule has 4 atom stereocenters. The molecule has 0 aliphatic carbocycles. The lowest BCUT2D eigenvalue weighted by Gasteiger charge is -2.48. The van der Waals surface area contributed by atoms with E-state index >= 15 is 0 Å². The molecule has 0 radical (unpaired) electrons. The van der Waals surface area contributed by atoms with Gasteiger partial charge in [-0.25, -0.2) is 10.2 Å². The maximum Gasteiger partial charge on any atom is 0.328 e. The Hall–Kier alpha value is -2.79. The van der Waals surface area contributed by atoms with Crippen molar-refractivity contribution in [2.24, 2.45) is 5.10 Å². The SMILES string of the molecule is Cc1cccc(C(=O)N/N=C/[C@@](C)([C@H](C(=O)O)N2C(=O)C[C@H]2C)S(=O)[O-])c1O. The molecule has 0 aromatic heterocycles. The van der Waals surface area contributed by atoms with Gasteiger partial charge in [-0.05, 0) is 43.5 Å². The molecule has 1 aliphatic heterocycles. The average Bonchev–Trinajstić information content (AvgIpc) is 2.61. The number of phenols is 1. The third-order valence-corrected chi connectivity index (χ3v) is 5.66. The number of carbonyl (C=O) groups excluding carboxylic acids is 2. The molecule has 11 heteroatoms. The number of hydrazone groups is 1. The first kappa shape index (κ1) is 21.5. The number of phenolic OH excluding ortho intramolecular Hbond substituents is 1. The molecule has 2 rings (SSSR count). The number of hydrogen-bond acceptors (Lipinski definition) is 7. The zero-order chi connectivity index (χ0) is 21.2. The molecular weight excluding hydrogens is 390 g/mol. The van der Waals surface area contributed by atoms with Crippen LogP contribution in [0, 0.1) is 6.92 Å². The third-order valence-electron chi connectivity index (χ3n) is 4.62. The molecule has 1 saturated heterocycles. The fourth-order valence-electron chi connectivity index (χ4n) is 2.95. The summed E-state index contributed by atoms with van der Waals surface area (Å²) >= 11 is -2.98. The minimum absolute atomic E-state index is 0.0802. The Balaban J connectivity index is 2.28. The maximum absolute atomic E-state index is 12.2. The standard InChI is InChI=1S/C17H21N3O7S/c1-9-5-4-6-11(13(9)22)15(23)19-18-8-17(3,28(26)27)14(16(24)25)20-10(2)7-12(20)21/h4-6,8,10,14,22H,7H2,1-3H3,(H,19,23)(H,24,25)(H,26,27)/p-1/b18-8+/t10-,14+,17+/m1/s1. The second kappa shape index (κ2) is 8.07. The quantitative estimate of drug-likeness (QED) is 0.249. The predicted molar refractivity (Wildman–Crippen MR) is 98.5 cm³/mol. The van der Waals surface area contributed by atoms with Gasteiger partial charge in [0.05, 0.1) is 10.3 Å². The van der Waals surface area contributed by atoms with Gasteiger partial charge in [-0.2, -0.15) is 5.10 Å². The molecule has 1 aromatic carbocycles. The molecule has 2 amide bonds. The van der Waals surface area contributed by atoms with Crippen LogP contribution in [0.5, 0.6) is 5.75 Å². The number of hydrogen-bond donors (Lipinski definition) is 3. The van der Waals surface area contributed by atoms with Crippen LogP contribution >= 0.6 is 0 Å². The summed E-state index contributed by atoms with van der Waals surface area (Å²) < 4.78 is 21.5. The maximum atomic E-state index is 12.2. The number of likely N-dealkylation sites (tertiary alicyclic amines) is 1. The minimum atomic E-state index is -2.98. The number of carboxylic acids is 1. The molecule has 0 bridgehead atoms. The number of nitrogens with zero attached hydrogens (tertiary/aromatic N) is 2. The average molecular weight is 410 g/mol. The van der Waals surface area contributed by atoms with E-state index in [1.165, 1.54) is 6.07 Å². The van der Waals surface area contributed by atoms with Crippen molar-refractivity contribution < 1.29 is 33.4 Å². The van der Waals surface area contributed by atoms with Gasteiger partial charge in [-0.15, -0.1) is 0 Å². The Morgan fingerprint density at radius 1 is 1.50 bits per heavy atom. The van der Waals surface area contributed by atoms with E-state index in [1.807, 2.05) is 0 Å². The van der Waals surface area contributed by atoms with Crippen molar-refractivity contribution in [1.29, 1.82) is 0 Å². The van der Waals surface area contributed by atoms with Crippen molar-refractivity contribution >= 4 is 35.1 Å². The van der Waals surface area contributed by atoms with Crippen LogP contribution in [-0.4, -0.2) is 64.7 Å². The van der Waals surface area contributed by atoms with Crippen LogP contribution in [0.15, 0.2) is 23.3 Å². The normalized spacial score (nSPS) is 20.9. The van der Waals surface area contributed by atoms with E-state index in [-0.39, 0.29) is 17.7 Å². The van der Waals surface area contributed by atoms with Gasteiger partial charge >= 0.3 is 5.97 Å². The molecular formula is C17H20N3O7S-. The van der Waals surface area contributed by atoms with E-state index in [4.69, 9.17) is 0 Å². The van der Waals surface area contributed by atoms with Gasteiger partial charge in [-0.3, -0.25) is 13.8 Å². The Kier molecular flexibility index (Phi) is 6.20. The molecule has 1 aliphatic rings. The fraction of sp³-hybridized carbons (Fsp3) is 0.412. The lowest BCUT2D eigenvalue weighted by molar-refractivity contribution is -0.161. The summed E-state index contributed by atoms with van der Waals surface area (Å²) in [5.74, 6) is -3.06. The van der Waals surface area contributed by atoms with Gasteiger partial charge in [0.2, 0.25) is 5.91 Å². The lowest BCUT2D eigenvalue weighted by Crippen LogP contribution is -2.67. The number of aliphatic carboxylic acids is 1. The van der Waals surface area contributed by atoms with E-state index in [0.29, 0.717) is 5.56 Å². The van der Waals surface area contributed by atoms with E-state index < -0.39 is 45.7 Å². The first-order valence-electron chi connectivity index (χ1n) is 8.27. The third kappa shape index (κ3) is 3.90. The highest BCUT2D eigenvalue weighted by Gasteiger charge is 2.51. The summed E-state index contributed by atoms with van der Waals surface area (Å²) in [6, 6.07) is 2.33. The van der Waals surface area contributed by atoms with Crippen molar-refractivity contribution in [3.05, 3.63) is 29.3 Å². The van der Waals surface area contributed by atoms with E-state index in [0.717, 1.165) is 18.0 Å². The Morgan fingerprint density at radius 2 is 2.14 bits per heavy atom. The van der Waals surface area contributed by atoms with Crippen LogP contribution in [0.4, 0.5) is 0 Å². The second-order valence-corrected chi connectivity index (χ2v) is 8.03. The Labute approximate surface area is 163 Å². The summed E-state index contributed by atoms with van der Waals surface area (Å²) in [6.45, 7) is 4.29. The topological polar surface area (TPSA) is 159 Å². The number of carboxylic acid groups (broad SMARTS) is 1. The molecule has 3 N–H and O–H groups in total. The van der Waals surface area contributed by atoms with Gasteiger partial charge in [-0.1, -0.05) is 12.1 Å². The van der Waals surface area contributed by atoms with Crippen LogP contribution in [0.3, 0.4) is 0 Å². The van der Waals surface area contributed by atoms with E-state index in [1.54, 1.807) is 26.0 Å². The number of benzene rings is 1. The number of β-lactam (4-membered cyclic amide) rings is 1. The smallest absolute Gasteiger partial charge is 0.328 e.